The molecule has 1 aromatic carbocycles. The van der Waals surface area contributed by atoms with Crippen LogP contribution in [0.4, 0.5) is 17.2 Å². The molecule has 3 rings (SSSR count). The second-order valence-corrected chi connectivity index (χ2v) is 5.63. The number of aryl methyl sites for hydroxylation is 3. The fourth-order valence-electron chi connectivity index (χ4n) is 2.71. The Hall–Kier alpha value is -3.29. The molecule has 0 amide bonds. The molecule has 0 unspecified atom stereocenters. The number of aromatic nitrogens is 4. The number of nitrogens with one attached hydrogen (secondary N) is 1. The van der Waals surface area contributed by atoms with Crippen molar-refractivity contribution in [1.82, 2.24) is 19.7 Å². The standard InChI is InChI=1S/C17H18N6O2/c1-4-13-7-5-6-8-14(13)20-16-15(23(24)25)17(19-10-18-16)22-12(3)9-11(2)21-22/h5-10H,4H2,1-3H3,(H,18,19,20). The van der Waals surface area contributed by atoms with Crippen molar-refractivity contribution in [3.63, 3.8) is 0 Å². The van der Waals surface area contributed by atoms with Gasteiger partial charge in [-0.25, -0.2) is 14.6 Å². The lowest BCUT2D eigenvalue weighted by Gasteiger charge is -2.12. The van der Waals surface area contributed by atoms with Gasteiger partial charge in [-0.1, -0.05) is 25.1 Å². The van der Waals surface area contributed by atoms with Gasteiger partial charge in [-0.05, 0) is 38.0 Å². The largest absolute Gasteiger partial charge is 0.355 e. The zero-order valence-electron chi connectivity index (χ0n) is 14.2. The van der Waals surface area contributed by atoms with E-state index in [9.17, 15) is 10.1 Å². The summed E-state index contributed by atoms with van der Waals surface area (Å²) in [6.07, 6.45) is 2.10. The molecule has 0 aliphatic carbocycles. The van der Waals surface area contributed by atoms with Crippen LogP contribution in [0.1, 0.15) is 23.9 Å². The van der Waals surface area contributed by atoms with Crippen molar-refractivity contribution in [3.05, 3.63) is 63.7 Å². The highest BCUT2D eigenvalue weighted by atomic mass is 16.6. The van der Waals surface area contributed by atoms with Gasteiger partial charge in [-0.15, -0.1) is 0 Å². The molecule has 0 fully saturated rings. The second-order valence-electron chi connectivity index (χ2n) is 5.63. The number of anilines is 2. The Kier molecular flexibility index (Phi) is 4.42. The minimum absolute atomic E-state index is 0.141. The second kappa shape index (κ2) is 6.68. The predicted octanol–water partition coefficient (Wildman–Crippen LogP) is 3.49. The molecule has 0 aliphatic rings. The van der Waals surface area contributed by atoms with Crippen LogP contribution in [0.5, 0.6) is 0 Å². The van der Waals surface area contributed by atoms with Gasteiger partial charge in [-0.2, -0.15) is 5.10 Å². The molecule has 0 aliphatic heterocycles. The van der Waals surface area contributed by atoms with Crippen LogP contribution in [0.3, 0.4) is 0 Å². The van der Waals surface area contributed by atoms with Crippen LogP contribution in [-0.4, -0.2) is 24.7 Å². The number of benzene rings is 1. The van der Waals surface area contributed by atoms with Crippen LogP contribution >= 0.6 is 0 Å². The van der Waals surface area contributed by atoms with E-state index in [1.807, 2.05) is 51.1 Å². The molecule has 8 heteroatoms. The molecule has 128 valence electrons. The van der Waals surface area contributed by atoms with E-state index in [4.69, 9.17) is 0 Å². The summed E-state index contributed by atoms with van der Waals surface area (Å²) in [5.41, 5.74) is 3.14. The Morgan fingerprint density at radius 2 is 2.00 bits per heavy atom. The lowest BCUT2D eigenvalue weighted by atomic mass is 10.1. The minimum Gasteiger partial charge on any atom is -0.334 e. The number of hydrogen-bond donors (Lipinski definition) is 1. The smallest absolute Gasteiger partial charge is 0.334 e. The van der Waals surface area contributed by atoms with Crippen molar-refractivity contribution in [2.75, 3.05) is 5.32 Å². The molecule has 3 aromatic rings. The summed E-state index contributed by atoms with van der Waals surface area (Å²) in [5.74, 6) is 0.283. The number of nitrogens with zero attached hydrogens (tertiary/aromatic N) is 5. The van der Waals surface area contributed by atoms with Gasteiger partial charge in [-0.3, -0.25) is 10.1 Å². The van der Waals surface area contributed by atoms with Crippen LogP contribution < -0.4 is 5.32 Å². The maximum absolute atomic E-state index is 11.7. The molecule has 0 bridgehead atoms. The van der Waals surface area contributed by atoms with Gasteiger partial charge in [0.2, 0.25) is 11.6 Å². The molecule has 0 atom stereocenters. The lowest BCUT2D eigenvalue weighted by Crippen LogP contribution is -2.10. The van der Waals surface area contributed by atoms with Crippen molar-refractivity contribution in [2.24, 2.45) is 0 Å². The average Bonchev–Trinajstić information content (AvgIpc) is 2.93. The first-order chi connectivity index (χ1) is 12.0. The molecule has 0 saturated carbocycles. The molecule has 25 heavy (non-hydrogen) atoms. The average molecular weight is 338 g/mol. The van der Waals surface area contributed by atoms with Crippen molar-refractivity contribution in [1.29, 1.82) is 0 Å². The summed E-state index contributed by atoms with van der Waals surface area (Å²) in [4.78, 5) is 19.4. The fourth-order valence-corrected chi connectivity index (χ4v) is 2.71. The summed E-state index contributed by atoms with van der Waals surface area (Å²) in [5, 5.41) is 19.1. The van der Waals surface area contributed by atoms with E-state index in [0.29, 0.717) is 0 Å². The quantitative estimate of drug-likeness (QED) is 0.565. The fraction of sp³-hybridized carbons (Fsp3) is 0.235. The zero-order valence-corrected chi connectivity index (χ0v) is 14.2. The first-order valence-electron chi connectivity index (χ1n) is 7.89. The Bertz CT molecular complexity index is 935. The van der Waals surface area contributed by atoms with Crippen LogP contribution in [-0.2, 0) is 6.42 Å². The van der Waals surface area contributed by atoms with Crippen molar-refractivity contribution >= 4 is 17.2 Å². The Labute approximate surface area is 144 Å². The number of hydrogen-bond acceptors (Lipinski definition) is 6. The molecular formula is C17H18N6O2. The van der Waals surface area contributed by atoms with Gasteiger partial charge in [0, 0.05) is 11.4 Å². The summed E-state index contributed by atoms with van der Waals surface area (Å²) < 4.78 is 1.46. The van der Waals surface area contributed by atoms with Gasteiger partial charge >= 0.3 is 5.69 Å². The normalized spacial score (nSPS) is 10.7. The first-order valence-corrected chi connectivity index (χ1v) is 7.89. The van der Waals surface area contributed by atoms with Gasteiger partial charge in [0.15, 0.2) is 0 Å². The molecule has 0 saturated heterocycles. The van der Waals surface area contributed by atoms with E-state index >= 15 is 0 Å². The summed E-state index contributed by atoms with van der Waals surface area (Å²) in [6, 6.07) is 9.48. The maximum atomic E-state index is 11.7. The van der Waals surface area contributed by atoms with Gasteiger partial charge in [0.25, 0.3) is 0 Å². The third kappa shape index (κ3) is 3.18. The Morgan fingerprint density at radius 1 is 1.24 bits per heavy atom. The third-order valence-electron chi connectivity index (χ3n) is 3.85. The van der Waals surface area contributed by atoms with E-state index in [1.165, 1.54) is 11.0 Å². The van der Waals surface area contributed by atoms with Crippen LogP contribution in [0.25, 0.3) is 5.82 Å². The monoisotopic (exact) mass is 338 g/mol. The van der Waals surface area contributed by atoms with Crippen molar-refractivity contribution in [3.8, 4) is 5.82 Å². The number of nitro groups is 1. The molecule has 0 spiro atoms. The maximum Gasteiger partial charge on any atom is 0.355 e. The highest BCUT2D eigenvalue weighted by Gasteiger charge is 2.26. The molecule has 8 nitrogen and oxygen atoms in total. The molecular weight excluding hydrogens is 320 g/mol. The van der Waals surface area contributed by atoms with E-state index in [1.54, 1.807) is 0 Å². The molecule has 0 radical (unpaired) electrons. The van der Waals surface area contributed by atoms with Crippen LogP contribution in [0.15, 0.2) is 36.7 Å². The lowest BCUT2D eigenvalue weighted by molar-refractivity contribution is -0.384. The van der Waals surface area contributed by atoms with E-state index in [2.05, 4.69) is 20.4 Å². The summed E-state index contributed by atoms with van der Waals surface area (Å²) in [7, 11) is 0. The van der Waals surface area contributed by atoms with Crippen LogP contribution in [0, 0.1) is 24.0 Å². The third-order valence-corrected chi connectivity index (χ3v) is 3.85. The summed E-state index contributed by atoms with van der Waals surface area (Å²) in [6.45, 7) is 5.68. The van der Waals surface area contributed by atoms with Crippen molar-refractivity contribution in [2.45, 2.75) is 27.2 Å². The number of para-hydroxylation sites is 1. The van der Waals surface area contributed by atoms with E-state index in [0.717, 1.165) is 29.1 Å². The SMILES string of the molecule is CCc1ccccc1Nc1ncnc(-n2nc(C)cc2C)c1[N+](=O)[O-]. The number of rotatable bonds is 5. The Balaban J connectivity index is 2.13. The molecule has 1 N–H and O–H groups in total. The summed E-state index contributed by atoms with van der Waals surface area (Å²) >= 11 is 0. The zero-order chi connectivity index (χ0) is 18.0. The minimum atomic E-state index is -0.483. The highest BCUT2D eigenvalue weighted by Crippen LogP contribution is 2.31. The Morgan fingerprint density at radius 3 is 2.64 bits per heavy atom. The molecule has 2 heterocycles. The molecule has 2 aromatic heterocycles. The van der Waals surface area contributed by atoms with E-state index < -0.39 is 4.92 Å². The van der Waals surface area contributed by atoms with E-state index in [-0.39, 0.29) is 17.3 Å². The highest BCUT2D eigenvalue weighted by molar-refractivity contribution is 5.71. The van der Waals surface area contributed by atoms with Crippen LogP contribution in [0.2, 0.25) is 0 Å². The van der Waals surface area contributed by atoms with Crippen molar-refractivity contribution < 1.29 is 4.92 Å². The van der Waals surface area contributed by atoms with Gasteiger partial charge < -0.3 is 5.32 Å². The topological polar surface area (TPSA) is 98.8 Å². The van der Waals surface area contributed by atoms with Gasteiger partial charge in [0.1, 0.15) is 6.33 Å². The predicted molar refractivity (Wildman–Crippen MR) is 94.4 cm³/mol. The van der Waals surface area contributed by atoms with Gasteiger partial charge in [0.05, 0.1) is 10.6 Å². The first kappa shape index (κ1) is 16.6.